The zero-order valence-electron chi connectivity index (χ0n) is 19.0. The lowest BCUT2D eigenvalue weighted by Gasteiger charge is -2.15. The van der Waals surface area contributed by atoms with Gasteiger partial charge in [-0.3, -0.25) is 4.79 Å². The van der Waals surface area contributed by atoms with Gasteiger partial charge in [-0.05, 0) is 58.8 Å². The van der Waals surface area contributed by atoms with Crippen molar-refractivity contribution in [3.8, 4) is 5.75 Å². The predicted octanol–water partition coefficient (Wildman–Crippen LogP) is 5.89. The molecule has 5 aromatic rings. The highest BCUT2D eigenvalue weighted by molar-refractivity contribution is 5.97. The molecule has 0 saturated carbocycles. The van der Waals surface area contributed by atoms with E-state index in [1.165, 1.54) is 0 Å². The average Bonchev–Trinajstić information content (AvgIpc) is 3.60. The van der Waals surface area contributed by atoms with Crippen molar-refractivity contribution in [3.63, 3.8) is 0 Å². The van der Waals surface area contributed by atoms with Gasteiger partial charge in [-0.2, -0.15) is 0 Å². The third kappa shape index (κ3) is 5.30. The average molecular weight is 468 g/mol. The van der Waals surface area contributed by atoms with Crippen molar-refractivity contribution in [1.82, 2.24) is 5.32 Å². The Bertz CT molecular complexity index is 1370. The summed E-state index contributed by atoms with van der Waals surface area (Å²) in [7, 11) is 0. The van der Waals surface area contributed by atoms with Gasteiger partial charge in [0.2, 0.25) is 0 Å². The van der Waals surface area contributed by atoms with E-state index in [9.17, 15) is 9.90 Å². The predicted molar refractivity (Wildman–Crippen MR) is 135 cm³/mol. The zero-order valence-corrected chi connectivity index (χ0v) is 19.0. The molecule has 35 heavy (non-hydrogen) atoms. The van der Waals surface area contributed by atoms with E-state index in [0.29, 0.717) is 48.1 Å². The summed E-state index contributed by atoms with van der Waals surface area (Å²) in [6, 6.07) is 24.7. The number of aromatic hydroxyl groups is 1. The minimum atomic E-state index is -0.250. The molecule has 0 bridgehead atoms. The maximum atomic E-state index is 13.1. The van der Waals surface area contributed by atoms with Gasteiger partial charge in [-0.1, -0.05) is 36.4 Å². The second-order valence-corrected chi connectivity index (χ2v) is 8.15. The molecular weight excluding hydrogens is 442 g/mol. The summed E-state index contributed by atoms with van der Waals surface area (Å²) >= 11 is 0. The standard InChI is InChI=1S/C28H25N3O4/c32-27-25(29-17-23-7-3-11-34-23)14-22(15-26(27)30-18-24-8-4-12-35-24)28(33)31-16-19-9-10-20-5-1-2-6-21(20)13-19/h1-15,29-30,32H,16-18H2,(H,31,33). The first-order valence-electron chi connectivity index (χ1n) is 11.3. The van der Waals surface area contributed by atoms with Crippen LogP contribution in [0.4, 0.5) is 11.4 Å². The number of hydrogen-bond donors (Lipinski definition) is 4. The van der Waals surface area contributed by atoms with Crippen LogP contribution in [0, 0.1) is 0 Å². The van der Waals surface area contributed by atoms with Crippen molar-refractivity contribution in [3.05, 3.63) is 114 Å². The van der Waals surface area contributed by atoms with Crippen molar-refractivity contribution in [2.24, 2.45) is 0 Å². The van der Waals surface area contributed by atoms with Gasteiger partial charge in [0, 0.05) is 12.1 Å². The van der Waals surface area contributed by atoms with Crippen LogP contribution in [0.1, 0.15) is 27.4 Å². The second-order valence-electron chi connectivity index (χ2n) is 8.15. The first-order valence-corrected chi connectivity index (χ1v) is 11.3. The maximum Gasteiger partial charge on any atom is 0.251 e. The molecule has 0 aliphatic heterocycles. The van der Waals surface area contributed by atoms with Crippen molar-refractivity contribution in [1.29, 1.82) is 0 Å². The molecule has 0 unspecified atom stereocenters. The van der Waals surface area contributed by atoms with E-state index in [1.807, 2.05) is 36.4 Å². The van der Waals surface area contributed by atoms with Gasteiger partial charge < -0.3 is 29.9 Å². The van der Waals surface area contributed by atoms with Crippen LogP contribution in [0.5, 0.6) is 5.75 Å². The number of fused-ring (bicyclic) bond motifs is 1. The number of furan rings is 2. The first-order chi connectivity index (χ1) is 17.2. The fraction of sp³-hybridized carbons (Fsp3) is 0.107. The Hall–Kier alpha value is -4.65. The molecule has 2 aromatic heterocycles. The SMILES string of the molecule is O=C(NCc1ccc2ccccc2c1)c1cc(NCc2ccco2)c(O)c(NCc2ccco2)c1. The largest absolute Gasteiger partial charge is 0.504 e. The summed E-state index contributed by atoms with van der Waals surface area (Å²) in [6.07, 6.45) is 3.17. The van der Waals surface area contributed by atoms with E-state index in [1.54, 1.807) is 36.8 Å². The lowest BCUT2D eigenvalue weighted by atomic mass is 10.1. The number of phenolic OH excluding ortho intramolecular Hbond substituents is 1. The normalized spacial score (nSPS) is 10.9. The Balaban J connectivity index is 1.35. The highest BCUT2D eigenvalue weighted by Gasteiger charge is 2.15. The molecule has 0 aliphatic rings. The number of anilines is 2. The van der Waals surface area contributed by atoms with Crippen molar-refractivity contribution in [2.45, 2.75) is 19.6 Å². The molecule has 3 aromatic carbocycles. The second kappa shape index (κ2) is 10.1. The summed E-state index contributed by atoms with van der Waals surface area (Å²) in [5, 5.41) is 22.4. The van der Waals surface area contributed by atoms with Crippen LogP contribution in [-0.2, 0) is 19.6 Å². The highest BCUT2D eigenvalue weighted by atomic mass is 16.3. The third-order valence-electron chi connectivity index (χ3n) is 5.71. The molecule has 0 atom stereocenters. The van der Waals surface area contributed by atoms with Gasteiger partial charge in [0.15, 0.2) is 5.75 Å². The molecular formula is C28H25N3O4. The van der Waals surface area contributed by atoms with Crippen LogP contribution in [0.2, 0.25) is 0 Å². The van der Waals surface area contributed by atoms with Crippen molar-refractivity contribution < 1.29 is 18.7 Å². The number of nitrogens with one attached hydrogen (secondary N) is 3. The number of rotatable bonds is 9. The van der Waals surface area contributed by atoms with Crippen LogP contribution in [0.15, 0.2) is 100 Å². The molecule has 7 heteroatoms. The quantitative estimate of drug-likeness (QED) is 0.202. The number of benzene rings is 3. The minimum absolute atomic E-state index is 0.00851. The zero-order chi connectivity index (χ0) is 24.0. The van der Waals surface area contributed by atoms with Gasteiger partial charge in [-0.15, -0.1) is 0 Å². The molecule has 7 nitrogen and oxygen atoms in total. The third-order valence-corrected chi connectivity index (χ3v) is 5.71. The monoisotopic (exact) mass is 467 g/mol. The van der Waals surface area contributed by atoms with Gasteiger partial charge in [0.05, 0.1) is 37.0 Å². The summed E-state index contributed by atoms with van der Waals surface area (Å²) in [4.78, 5) is 13.1. The molecule has 2 heterocycles. The van der Waals surface area contributed by atoms with Gasteiger partial charge in [-0.25, -0.2) is 0 Å². The number of carbonyl (C=O) groups excluding carboxylic acids is 1. The number of carbonyl (C=O) groups is 1. The molecule has 0 radical (unpaired) electrons. The van der Waals surface area contributed by atoms with Gasteiger partial charge >= 0.3 is 0 Å². The molecule has 0 spiro atoms. The minimum Gasteiger partial charge on any atom is -0.504 e. The van der Waals surface area contributed by atoms with Crippen LogP contribution >= 0.6 is 0 Å². The molecule has 0 aliphatic carbocycles. The Kier molecular flexibility index (Phi) is 6.39. The van der Waals surface area contributed by atoms with Gasteiger partial charge in [0.1, 0.15) is 11.5 Å². The Morgan fingerprint density at radius 3 is 1.94 bits per heavy atom. The highest BCUT2D eigenvalue weighted by Crippen LogP contribution is 2.34. The Morgan fingerprint density at radius 1 is 0.714 bits per heavy atom. The fourth-order valence-electron chi connectivity index (χ4n) is 3.86. The maximum absolute atomic E-state index is 13.1. The topological polar surface area (TPSA) is 99.7 Å². The molecule has 0 fully saturated rings. The Labute approximate surface area is 202 Å². The van der Waals surface area contributed by atoms with Crippen molar-refractivity contribution in [2.75, 3.05) is 10.6 Å². The number of amides is 1. The van der Waals surface area contributed by atoms with Gasteiger partial charge in [0.25, 0.3) is 5.91 Å². The van der Waals surface area contributed by atoms with Crippen LogP contribution in [0.25, 0.3) is 10.8 Å². The van der Waals surface area contributed by atoms with Crippen LogP contribution in [0.3, 0.4) is 0 Å². The van der Waals surface area contributed by atoms with Crippen LogP contribution < -0.4 is 16.0 Å². The van der Waals surface area contributed by atoms with Crippen molar-refractivity contribution >= 4 is 28.1 Å². The smallest absolute Gasteiger partial charge is 0.251 e. The molecule has 1 amide bonds. The fourth-order valence-corrected chi connectivity index (χ4v) is 3.86. The van der Waals surface area contributed by atoms with E-state index >= 15 is 0 Å². The first kappa shape index (κ1) is 22.2. The lowest BCUT2D eigenvalue weighted by Crippen LogP contribution is -2.23. The molecule has 0 saturated heterocycles. The number of phenols is 1. The van der Waals surface area contributed by atoms with Crippen LogP contribution in [-0.4, -0.2) is 11.0 Å². The summed E-state index contributed by atoms with van der Waals surface area (Å²) in [5.74, 6) is 1.18. The lowest BCUT2D eigenvalue weighted by molar-refractivity contribution is 0.0951. The van der Waals surface area contributed by atoms with E-state index < -0.39 is 0 Å². The molecule has 5 rings (SSSR count). The number of hydrogen-bond acceptors (Lipinski definition) is 6. The summed E-state index contributed by atoms with van der Waals surface area (Å²) in [5.41, 5.74) is 2.25. The summed E-state index contributed by atoms with van der Waals surface area (Å²) < 4.78 is 10.7. The van der Waals surface area contributed by atoms with E-state index in [2.05, 4.69) is 34.1 Å². The Morgan fingerprint density at radius 2 is 1.34 bits per heavy atom. The van der Waals surface area contributed by atoms with E-state index in [4.69, 9.17) is 8.83 Å². The van der Waals surface area contributed by atoms with E-state index in [-0.39, 0.29) is 11.7 Å². The van der Waals surface area contributed by atoms with E-state index in [0.717, 1.165) is 16.3 Å². The summed E-state index contributed by atoms with van der Waals surface area (Å²) in [6.45, 7) is 1.11. The molecule has 4 N–H and O–H groups in total. The molecule has 176 valence electrons.